The molecule has 0 bridgehead atoms. The lowest BCUT2D eigenvalue weighted by molar-refractivity contribution is -0.145. The first kappa shape index (κ1) is 23.6. The van der Waals surface area contributed by atoms with Crippen LogP contribution in [0.15, 0.2) is 30.2 Å². The van der Waals surface area contributed by atoms with E-state index in [9.17, 15) is 14.0 Å². The maximum absolute atomic E-state index is 14.6. The van der Waals surface area contributed by atoms with E-state index in [1.165, 1.54) is 0 Å². The molecule has 2 amide bonds. The molecule has 3 heterocycles. The smallest absolute Gasteiger partial charge is 0.282 e. The van der Waals surface area contributed by atoms with Crippen LogP contribution in [-0.2, 0) is 9.59 Å². The molecule has 4 aliphatic rings. The molecule has 0 spiro atoms. The largest absolute Gasteiger partial charge is 0.346 e. The highest BCUT2D eigenvalue weighted by Gasteiger charge is 2.62. The molecule has 2 aromatic heterocycles. The zero-order valence-corrected chi connectivity index (χ0v) is 21.6. The molecule has 3 unspecified atom stereocenters. The molecule has 8 atom stereocenters. The number of carbonyl (C=O) groups excluding carboxylic acids is 2. The summed E-state index contributed by atoms with van der Waals surface area (Å²) in [5, 5.41) is 3.23. The molecule has 0 radical (unpaired) electrons. The Balaban J connectivity index is 1.21. The number of halogens is 1. The highest BCUT2D eigenvalue weighted by atomic mass is 19.1. The van der Waals surface area contributed by atoms with E-state index in [1.807, 2.05) is 19.1 Å². The molecule has 1 aliphatic heterocycles. The number of fused-ring (bicyclic) bond motifs is 6. The van der Waals surface area contributed by atoms with Crippen molar-refractivity contribution in [2.24, 2.45) is 34.5 Å². The van der Waals surface area contributed by atoms with Crippen LogP contribution in [0.2, 0.25) is 0 Å². The lowest BCUT2D eigenvalue weighted by Gasteiger charge is -2.60. The lowest BCUT2D eigenvalue weighted by Crippen LogP contribution is -2.60. The number of imidazole rings is 1. The minimum Gasteiger partial charge on any atom is -0.346 e. The van der Waals surface area contributed by atoms with Crippen molar-refractivity contribution < 1.29 is 14.0 Å². The molecule has 2 aromatic rings. The summed E-state index contributed by atoms with van der Waals surface area (Å²) in [6.07, 6.45) is 9.11. The molecule has 3 saturated carbocycles. The van der Waals surface area contributed by atoms with Crippen LogP contribution >= 0.6 is 0 Å². The van der Waals surface area contributed by atoms with Crippen molar-refractivity contribution >= 4 is 23.0 Å². The SMILES string of the molecule is CC(NC(=O)C1CC[C@H]2[C@@H]3CCC4N(C)C(=O)C(F)=C[C@]4(C)[C@@H]3CC[C@]12C)c1nc2ncccc2[nH]1. The van der Waals surface area contributed by atoms with Gasteiger partial charge in [0.15, 0.2) is 11.5 Å². The third-order valence-corrected chi connectivity index (χ3v) is 10.5. The second-order valence-corrected chi connectivity index (χ2v) is 12.1. The van der Waals surface area contributed by atoms with E-state index < -0.39 is 11.7 Å². The number of likely N-dealkylation sites (N-methyl/N-ethyl adjacent to an activating group) is 1. The van der Waals surface area contributed by atoms with Gasteiger partial charge >= 0.3 is 0 Å². The van der Waals surface area contributed by atoms with Gasteiger partial charge in [-0.1, -0.05) is 13.8 Å². The number of nitrogens with zero attached hydrogens (tertiary/aromatic N) is 3. The molecule has 8 heteroatoms. The van der Waals surface area contributed by atoms with Crippen LogP contribution in [0.3, 0.4) is 0 Å². The number of nitrogens with one attached hydrogen (secondary N) is 2. The number of aromatic amines is 1. The second kappa shape index (κ2) is 8.12. The van der Waals surface area contributed by atoms with Gasteiger partial charge in [0.1, 0.15) is 5.82 Å². The van der Waals surface area contributed by atoms with Crippen LogP contribution in [0.4, 0.5) is 4.39 Å². The van der Waals surface area contributed by atoms with Gasteiger partial charge in [-0.05, 0) is 86.8 Å². The average molecular weight is 494 g/mol. The van der Waals surface area contributed by atoms with E-state index in [-0.39, 0.29) is 34.7 Å². The van der Waals surface area contributed by atoms with Crippen LogP contribution in [0, 0.1) is 34.5 Å². The molecule has 192 valence electrons. The number of pyridine rings is 1. The third-order valence-electron chi connectivity index (χ3n) is 10.5. The fourth-order valence-electron chi connectivity index (χ4n) is 8.71. The number of amides is 2. The van der Waals surface area contributed by atoms with Crippen LogP contribution in [0.5, 0.6) is 0 Å². The summed E-state index contributed by atoms with van der Waals surface area (Å²) in [6, 6.07) is 3.62. The highest BCUT2D eigenvalue weighted by Crippen LogP contribution is 2.65. The van der Waals surface area contributed by atoms with Crippen molar-refractivity contribution in [3.63, 3.8) is 0 Å². The van der Waals surface area contributed by atoms with Crippen molar-refractivity contribution in [3.8, 4) is 0 Å². The zero-order valence-electron chi connectivity index (χ0n) is 21.6. The predicted molar refractivity (Wildman–Crippen MR) is 134 cm³/mol. The van der Waals surface area contributed by atoms with Crippen LogP contribution in [0.1, 0.15) is 71.2 Å². The number of rotatable bonds is 3. The Hall–Kier alpha value is -2.77. The van der Waals surface area contributed by atoms with Crippen molar-refractivity contribution in [1.29, 1.82) is 0 Å². The molecule has 2 N–H and O–H groups in total. The average Bonchev–Trinajstić information content (AvgIpc) is 3.43. The van der Waals surface area contributed by atoms with E-state index >= 15 is 0 Å². The molecule has 3 aliphatic carbocycles. The van der Waals surface area contributed by atoms with E-state index in [0.717, 1.165) is 49.9 Å². The summed E-state index contributed by atoms with van der Waals surface area (Å²) in [4.78, 5) is 39.7. The Morgan fingerprint density at radius 1 is 1.22 bits per heavy atom. The summed E-state index contributed by atoms with van der Waals surface area (Å²) in [5.74, 6) is 0.917. The van der Waals surface area contributed by atoms with E-state index in [2.05, 4.69) is 34.1 Å². The first-order chi connectivity index (χ1) is 17.1. The van der Waals surface area contributed by atoms with Crippen LogP contribution in [0.25, 0.3) is 11.2 Å². The quantitative estimate of drug-likeness (QED) is 0.649. The van der Waals surface area contributed by atoms with Gasteiger partial charge in [0.25, 0.3) is 5.91 Å². The van der Waals surface area contributed by atoms with Crippen molar-refractivity contribution in [2.75, 3.05) is 7.05 Å². The van der Waals surface area contributed by atoms with Gasteiger partial charge in [-0.3, -0.25) is 9.59 Å². The summed E-state index contributed by atoms with van der Waals surface area (Å²) >= 11 is 0. The van der Waals surface area contributed by atoms with Gasteiger partial charge in [0.2, 0.25) is 5.91 Å². The molecular formula is C28H36FN5O2. The summed E-state index contributed by atoms with van der Waals surface area (Å²) < 4.78 is 14.6. The van der Waals surface area contributed by atoms with E-state index in [0.29, 0.717) is 23.4 Å². The van der Waals surface area contributed by atoms with Gasteiger partial charge < -0.3 is 15.2 Å². The number of hydrogen-bond acceptors (Lipinski definition) is 4. The van der Waals surface area contributed by atoms with Gasteiger partial charge in [-0.2, -0.15) is 0 Å². The van der Waals surface area contributed by atoms with E-state index in [4.69, 9.17) is 0 Å². The first-order valence-corrected chi connectivity index (χ1v) is 13.4. The van der Waals surface area contributed by atoms with Crippen molar-refractivity contribution in [3.05, 3.63) is 36.1 Å². The van der Waals surface area contributed by atoms with Gasteiger partial charge in [0, 0.05) is 30.6 Å². The first-order valence-electron chi connectivity index (χ1n) is 13.4. The van der Waals surface area contributed by atoms with Crippen LogP contribution in [-0.4, -0.2) is 44.8 Å². The van der Waals surface area contributed by atoms with E-state index in [1.54, 1.807) is 24.2 Å². The number of aromatic nitrogens is 3. The molecule has 7 nitrogen and oxygen atoms in total. The fourth-order valence-corrected chi connectivity index (χ4v) is 8.71. The Labute approximate surface area is 211 Å². The number of hydrogen-bond donors (Lipinski definition) is 2. The zero-order chi connectivity index (χ0) is 25.4. The molecule has 0 aromatic carbocycles. The molecule has 0 saturated heterocycles. The number of H-pyrrole nitrogens is 1. The Morgan fingerprint density at radius 3 is 2.81 bits per heavy atom. The molecule has 36 heavy (non-hydrogen) atoms. The van der Waals surface area contributed by atoms with Gasteiger partial charge in [0.05, 0.1) is 11.6 Å². The standard InChI is InChI=1S/C28H36FN5O2/c1-15(23-32-21-6-5-13-30-24(21)33-23)31-25(35)19-9-8-17-16-7-10-22-28(3,14-20(29)26(36)34(22)4)18(16)11-12-27(17,19)2/h5-6,13-19,22H,7-12H2,1-4H3,(H,31,35)(H,30,32,33)/t15?,16-,17-,18+,19?,22?,27-,28+/m0/s1. The lowest BCUT2D eigenvalue weighted by atomic mass is 9.47. The topological polar surface area (TPSA) is 91.0 Å². The Morgan fingerprint density at radius 2 is 2.03 bits per heavy atom. The maximum Gasteiger partial charge on any atom is 0.282 e. The predicted octanol–water partition coefficient (Wildman–Crippen LogP) is 4.69. The summed E-state index contributed by atoms with van der Waals surface area (Å²) in [7, 11) is 1.75. The van der Waals surface area contributed by atoms with Crippen molar-refractivity contribution in [2.45, 2.75) is 71.4 Å². The maximum atomic E-state index is 14.6. The Bertz CT molecular complexity index is 1220. The Kier molecular flexibility index (Phi) is 5.33. The number of carbonyl (C=O) groups is 2. The minimum atomic E-state index is -0.608. The second-order valence-electron chi connectivity index (χ2n) is 12.1. The van der Waals surface area contributed by atoms with Gasteiger partial charge in [-0.25, -0.2) is 14.4 Å². The third kappa shape index (κ3) is 3.28. The molecule has 6 rings (SSSR count). The normalized spacial score (nSPS) is 38.7. The molecule has 3 fully saturated rings. The van der Waals surface area contributed by atoms with Crippen LogP contribution < -0.4 is 5.32 Å². The monoisotopic (exact) mass is 493 g/mol. The minimum absolute atomic E-state index is 0.0400. The molecular weight excluding hydrogens is 457 g/mol. The highest BCUT2D eigenvalue weighted by molar-refractivity contribution is 5.92. The van der Waals surface area contributed by atoms with Gasteiger partial charge in [-0.15, -0.1) is 0 Å². The summed E-state index contributed by atoms with van der Waals surface area (Å²) in [6.45, 7) is 6.43. The summed E-state index contributed by atoms with van der Waals surface area (Å²) in [5.41, 5.74) is 1.11. The fraction of sp³-hybridized carbons (Fsp3) is 0.643. The van der Waals surface area contributed by atoms with Crippen molar-refractivity contribution in [1.82, 2.24) is 25.2 Å².